The summed E-state index contributed by atoms with van der Waals surface area (Å²) in [6.07, 6.45) is 2.13. The number of imide groups is 1. The van der Waals surface area contributed by atoms with E-state index < -0.39 is 12.0 Å². The summed E-state index contributed by atoms with van der Waals surface area (Å²) in [4.78, 5) is 38.4. The zero-order chi connectivity index (χ0) is 17.8. The molecule has 8 heteroatoms. The van der Waals surface area contributed by atoms with Crippen molar-refractivity contribution in [3.05, 3.63) is 38.4 Å². The van der Waals surface area contributed by atoms with Gasteiger partial charge in [-0.15, -0.1) is 22.7 Å². The molecule has 2 N–H and O–H groups in total. The number of hydrogen-bond donors (Lipinski definition) is 2. The summed E-state index contributed by atoms with van der Waals surface area (Å²) in [7, 11) is 0. The van der Waals surface area contributed by atoms with Gasteiger partial charge in [0.2, 0.25) is 5.91 Å². The lowest BCUT2D eigenvalue weighted by Crippen LogP contribution is -2.32. The number of fused-ring (bicyclic) bond motifs is 1. The Kier molecular flexibility index (Phi) is 5.50. The molecule has 2 heterocycles. The van der Waals surface area contributed by atoms with E-state index in [2.05, 4.69) is 10.6 Å². The lowest BCUT2D eigenvalue weighted by atomic mass is 10.1. The van der Waals surface area contributed by atoms with Crippen molar-refractivity contribution in [1.82, 2.24) is 5.32 Å². The van der Waals surface area contributed by atoms with Crippen LogP contribution in [0.25, 0.3) is 0 Å². The van der Waals surface area contributed by atoms with Gasteiger partial charge in [0.1, 0.15) is 5.00 Å². The van der Waals surface area contributed by atoms with Crippen LogP contribution in [0, 0.1) is 0 Å². The molecular formula is C17H18N2O4S2. The number of amides is 3. The van der Waals surface area contributed by atoms with Crippen molar-refractivity contribution in [2.45, 2.75) is 32.6 Å². The van der Waals surface area contributed by atoms with Gasteiger partial charge in [0, 0.05) is 9.75 Å². The molecule has 0 bridgehead atoms. The van der Waals surface area contributed by atoms with Crippen molar-refractivity contribution in [2.75, 3.05) is 11.9 Å². The largest absolute Gasteiger partial charge is 0.450 e. The van der Waals surface area contributed by atoms with Crippen molar-refractivity contribution in [3.63, 3.8) is 0 Å². The minimum atomic E-state index is -0.777. The molecule has 132 valence electrons. The Hall–Kier alpha value is -2.19. The minimum absolute atomic E-state index is 0.174. The summed E-state index contributed by atoms with van der Waals surface area (Å²) in [6.45, 7) is 1.85. The number of aryl methyl sites for hydroxylation is 1. The molecule has 0 radical (unpaired) electrons. The van der Waals surface area contributed by atoms with E-state index in [0.717, 1.165) is 34.6 Å². The quantitative estimate of drug-likeness (QED) is 0.835. The summed E-state index contributed by atoms with van der Waals surface area (Å²) >= 11 is 2.93. The maximum atomic E-state index is 12.5. The summed E-state index contributed by atoms with van der Waals surface area (Å²) in [6, 6.07) is 3.79. The molecule has 2 aromatic heterocycles. The summed E-state index contributed by atoms with van der Waals surface area (Å²) in [5, 5.41) is 7.49. The lowest BCUT2D eigenvalue weighted by molar-refractivity contribution is -0.115. The predicted octanol–water partition coefficient (Wildman–Crippen LogP) is 3.37. The van der Waals surface area contributed by atoms with Crippen LogP contribution in [0.5, 0.6) is 0 Å². The Bertz CT molecular complexity index is 796. The first kappa shape index (κ1) is 17.6. The Morgan fingerprint density at radius 2 is 2.12 bits per heavy atom. The van der Waals surface area contributed by atoms with Crippen molar-refractivity contribution in [3.8, 4) is 0 Å². The molecule has 0 spiro atoms. The Balaban J connectivity index is 1.78. The van der Waals surface area contributed by atoms with Crippen LogP contribution in [0.4, 0.5) is 9.80 Å². The molecule has 0 fully saturated rings. The lowest BCUT2D eigenvalue weighted by Gasteiger charge is -2.08. The van der Waals surface area contributed by atoms with Crippen LogP contribution in [-0.4, -0.2) is 24.5 Å². The number of anilines is 1. The van der Waals surface area contributed by atoms with E-state index in [9.17, 15) is 14.4 Å². The number of carbonyl (C=O) groups is 3. The number of hydrogen-bond acceptors (Lipinski definition) is 6. The fourth-order valence-electron chi connectivity index (χ4n) is 2.80. The van der Waals surface area contributed by atoms with Crippen LogP contribution in [0.1, 0.15) is 39.0 Å². The van der Waals surface area contributed by atoms with E-state index in [1.807, 2.05) is 17.5 Å². The van der Waals surface area contributed by atoms with E-state index in [1.54, 1.807) is 6.92 Å². The molecule has 25 heavy (non-hydrogen) atoms. The van der Waals surface area contributed by atoms with Gasteiger partial charge in [0.15, 0.2) is 0 Å². The zero-order valence-corrected chi connectivity index (χ0v) is 15.4. The second kappa shape index (κ2) is 7.79. The topological polar surface area (TPSA) is 84.5 Å². The molecule has 0 saturated heterocycles. The Morgan fingerprint density at radius 1 is 1.28 bits per heavy atom. The van der Waals surface area contributed by atoms with E-state index in [0.29, 0.717) is 10.6 Å². The fourth-order valence-corrected chi connectivity index (χ4v) is 4.80. The average molecular weight is 378 g/mol. The van der Waals surface area contributed by atoms with E-state index in [4.69, 9.17) is 4.74 Å². The summed E-state index contributed by atoms with van der Waals surface area (Å²) in [5.74, 6) is -0.697. The van der Waals surface area contributed by atoms with Gasteiger partial charge in [-0.1, -0.05) is 6.07 Å². The second-order valence-corrected chi connectivity index (χ2v) is 7.68. The first-order valence-electron chi connectivity index (χ1n) is 8.03. The molecule has 3 amide bonds. The van der Waals surface area contributed by atoms with Gasteiger partial charge in [-0.05, 0) is 43.2 Å². The molecule has 1 aliphatic rings. The minimum Gasteiger partial charge on any atom is -0.450 e. The molecule has 6 nitrogen and oxygen atoms in total. The van der Waals surface area contributed by atoms with Gasteiger partial charge >= 0.3 is 6.09 Å². The number of rotatable bonds is 5. The van der Waals surface area contributed by atoms with E-state index >= 15 is 0 Å². The summed E-state index contributed by atoms with van der Waals surface area (Å²) < 4.78 is 4.77. The Labute approximate surface area is 153 Å². The molecule has 0 atom stereocenters. The standard InChI is InChI=1S/C17H18N2O4S2/c1-2-23-17(22)19-15(21)14-11-6-3-7-12(11)25-16(14)18-13(20)9-10-5-4-8-24-10/h4-5,8H,2-3,6-7,9H2,1H3,(H,18,20)(H,19,21,22). The third kappa shape index (κ3) is 4.08. The smallest absolute Gasteiger partial charge is 0.414 e. The second-order valence-electron chi connectivity index (χ2n) is 5.54. The molecule has 0 saturated carbocycles. The van der Waals surface area contributed by atoms with Gasteiger partial charge in [-0.3, -0.25) is 14.9 Å². The third-order valence-corrected chi connectivity index (χ3v) is 5.89. The van der Waals surface area contributed by atoms with Crippen LogP contribution >= 0.6 is 22.7 Å². The van der Waals surface area contributed by atoms with Gasteiger partial charge in [-0.2, -0.15) is 0 Å². The highest BCUT2D eigenvalue weighted by atomic mass is 32.1. The Morgan fingerprint density at radius 3 is 2.84 bits per heavy atom. The van der Waals surface area contributed by atoms with Crippen molar-refractivity contribution in [2.24, 2.45) is 0 Å². The van der Waals surface area contributed by atoms with Crippen LogP contribution in [0.3, 0.4) is 0 Å². The van der Waals surface area contributed by atoms with Gasteiger partial charge in [0.05, 0.1) is 18.6 Å². The van der Waals surface area contributed by atoms with Crippen molar-refractivity contribution in [1.29, 1.82) is 0 Å². The van der Waals surface area contributed by atoms with Crippen molar-refractivity contribution < 1.29 is 19.1 Å². The molecule has 1 aliphatic carbocycles. The zero-order valence-electron chi connectivity index (χ0n) is 13.7. The highest BCUT2D eigenvalue weighted by molar-refractivity contribution is 7.17. The normalized spacial score (nSPS) is 12.5. The van der Waals surface area contributed by atoms with Crippen LogP contribution in [0.15, 0.2) is 17.5 Å². The van der Waals surface area contributed by atoms with Gasteiger partial charge in [-0.25, -0.2) is 4.79 Å². The predicted molar refractivity (Wildman–Crippen MR) is 97.5 cm³/mol. The van der Waals surface area contributed by atoms with Gasteiger partial charge < -0.3 is 10.1 Å². The van der Waals surface area contributed by atoms with Crippen LogP contribution in [0.2, 0.25) is 0 Å². The highest BCUT2D eigenvalue weighted by Gasteiger charge is 2.28. The SMILES string of the molecule is CCOC(=O)NC(=O)c1c(NC(=O)Cc2cccs2)sc2c1CCC2. The van der Waals surface area contributed by atoms with Crippen molar-refractivity contribution >= 4 is 45.6 Å². The molecular weight excluding hydrogens is 360 g/mol. The molecule has 0 aliphatic heterocycles. The molecule has 3 rings (SSSR count). The first-order chi connectivity index (χ1) is 12.1. The van der Waals surface area contributed by atoms with E-state index in [1.165, 1.54) is 22.7 Å². The number of ether oxygens (including phenoxy) is 1. The maximum absolute atomic E-state index is 12.5. The first-order valence-corrected chi connectivity index (χ1v) is 9.73. The van der Waals surface area contributed by atoms with E-state index in [-0.39, 0.29) is 18.9 Å². The maximum Gasteiger partial charge on any atom is 0.414 e. The highest BCUT2D eigenvalue weighted by Crippen LogP contribution is 2.39. The summed E-state index contributed by atoms with van der Waals surface area (Å²) in [5.41, 5.74) is 1.32. The molecule has 0 unspecified atom stereocenters. The van der Waals surface area contributed by atoms with Crippen LogP contribution in [-0.2, 0) is 28.8 Å². The fraction of sp³-hybridized carbons (Fsp3) is 0.353. The van der Waals surface area contributed by atoms with Crippen LogP contribution < -0.4 is 10.6 Å². The molecule has 0 aromatic carbocycles. The number of nitrogens with one attached hydrogen (secondary N) is 2. The third-order valence-electron chi connectivity index (χ3n) is 3.81. The van der Waals surface area contributed by atoms with Gasteiger partial charge in [0.25, 0.3) is 5.91 Å². The average Bonchev–Trinajstić information content (AvgIpc) is 3.24. The number of carbonyl (C=O) groups excluding carboxylic acids is 3. The monoisotopic (exact) mass is 378 g/mol. The molecule has 2 aromatic rings. The number of thiophene rings is 2. The number of alkyl carbamates (subject to hydrolysis) is 1.